The largest absolute Gasteiger partial charge is 0.323 e. The van der Waals surface area contributed by atoms with Gasteiger partial charge in [0.05, 0.1) is 24.1 Å². The number of amides is 1. The van der Waals surface area contributed by atoms with E-state index in [0.717, 1.165) is 19.2 Å². The number of carbonyl (C=O) groups is 1. The molecule has 3 atom stereocenters. The molecule has 2 heterocycles. The minimum Gasteiger partial charge on any atom is -0.323 e. The van der Waals surface area contributed by atoms with Crippen LogP contribution in [0.15, 0.2) is 18.5 Å². The normalized spacial score (nSPS) is 30.2. The van der Waals surface area contributed by atoms with Crippen LogP contribution in [-0.4, -0.2) is 23.5 Å². The number of nitrogens with one attached hydrogen (secondary N) is 2. The van der Waals surface area contributed by atoms with Gasteiger partial charge in [-0.25, -0.2) is 4.39 Å². The maximum absolute atomic E-state index is 13.0. The van der Waals surface area contributed by atoms with Gasteiger partial charge in [-0.3, -0.25) is 9.78 Å². The summed E-state index contributed by atoms with van der Waals surface area (Å²) >= 11 is 0. The fraction of sp³-hybridized carbons (Fsp3) is 0.538. The maximum atomic E-state index is 13.0. The van der Waals surface area contributed by atoms with Gasteiger partial charge in [0, 0.05) is 6.07 Å². The molecule has 0 bridgehead atoms. The Morgan fingerprint density at radius 3 is 3.17 bits per heavy atom. The third-order valence-corrected chi connectivity index (χ3v) is 4.00. The Hall–Kier alpha value is -1.49. The summed E-state index contributed by atoms with van der Waals surface area (Å²) in [7, 11) is 0. The Kier molecular flexibility index (Phi) is 2.99. The molecule has 1 saturated heterocycles. The van der Waals surface area contributed by atoms with Crippen molar-refractivity contribution >= 4 is 11.6 Å². The second-order valence-electron chi connectivity index (χ2n) is 5.12. The van der Waals surface area contributed by atoms with Gasteiger partial charge in [0.15, 0.2) is 0 Å². The molecule has 1 aromatic heterocycles. The number of hydrogen-bond donors (Lipinski definition) is 2. The van der Waals surface area contributed by atoms with Gasteiger partial charge in [-0.05, 0) is 31.2 Å². The molecule has 1 aliphatic heterocycles. The maximum Gasteiger partial charge on any atom is 0.241 e. The number of nitrogens with zero attached hydrogens (tertiary/aromatic N) is 1. The average Bonchev–Trinajstić information content (AvgIpc) is 2.89. The van der Waals surface area contributed by atoms with Crippen LogP contribution in [0.3, 0.4) is 0 Å². The molecule has 0 radical (unpaired) electrons. The zero-order chi connectivity index (χ0) is 12.5. The number of pyridine rings is 1. The van der Waals surface area contributed by atoms with E-state index in [9.17, 15) is 9.18 Å². The van der Waals surface area contributed by atoms with E-state index in [0.29, 0.717) is 17.5 Å². The molecule has 2 aliphatic rings. The first kappa shape index (κ1) is 11.6. The highest BCUT2D eigenvalue weighted by Gasteiger charge is 2.42. The fourth-order valence-electron chi connectivity index (χ4n) is 3.17. The summed E-state index contributed by atoms with van der Waals surface area (Å²) in [5.41, 5.74) is 0.420. The molecule has 3 rings (SSSR count). The molecule has 5 heteroatoms. The van der Waals surface area contributed by atoms with Crippen LogP contribution in [0, 0.1) is 17.7 Å². The van der Waals surface area contributed by atoms with Gasteiger partial charge in [-0.1, -0.05) is 6.42 Å². The first-order valence-electron chi connectivity index (χ1n) is 6.39. The molecule has 4 nitrogen and oxygen atoms in total. The number of aromatic nitrogens is 1. The first-order valence-corrected chi connectivity index (χ1v) is 6.39. The highest BCUT2D eigenvalue weighted by atomic mass is 19.1. The second-order valence-corrected chi connectivity index (χ2v) is 5.12. The zero-order valence-corrected chi connectivity index (χ0v) is 10.0. The molecule has 0 aromatic carbocycles. The minimum atomic E-state index is -0.439. The number of anilines is 1. The molecule has 1 amide bonds. The van der Waals surface area contributed by atoms with Crippen LogP contribution < -0.4 is 10.6 Å². The predicted molar refractivity (Wildman–Crippen MR) is 65.4 cm³/mol. The molecule has 1 saturated carbocycles. The van der Waals surface area contributed by atoms with E-state index >= 15 is 0 Å². The quantitative estimate of drug-likeness (QED) is 0.836. The molecule has 1 aliphatic carbocycles. The first-order chi connectivity index (χ1) is 8.74. The van der Waals surface area contributed by atoms with Gasteiger partial charge in [-0.2, -0.15) is 0 Å². The number of fused-ring (bicyclic) bond motifs is 1. The van der Waals surface area contributed by atoms with Crippen molar-refractivity contribution in [2.75, 3.05) is 11.9 Å². The van der Waals surface area contributed by atoms with Crippen LogP contribution >= 0.6 is 0 Å². The highest BCUT2D eigenvalue weighted by molar-refractivity contribution is 5.95. The standard InChI is InChI=1S/C13H16FN3O/c14-9-4-10(7-15-6-9)17-13(18)12-11-3-1-2-8(11)5-16-12/h4,6-8,11-12,16H,1-3,5H2,(H,17,18). The predicted octanol–water partition coefficient (Wildman–Crippen LogP) is 1.55. The summed E-state index contributed by atoms with van der Waals surface area (Å²) in [4.78, 5) is 15.9. The van der Waals surface area contributed by atoms with Gasteiger partial charge in [0.2, 0.25) is 5.91 Å². The Balaban J connectivity index is 1.68. The Morgan fingerprint density at radius 1 is 1.44 bits per heavy atom. The van der Waals surface area contributed by atoms with Crippen molar-refractivity contribution in [3.63, 3.8) is 0 Å². The SMILES string of the molecule is O=C(Nc1cncc(F)c1)C1NCC2CCCC21. The zero-order valence-electron chi connectivity index (χ0n) is 10.0. The van der Waals surface area contributed by atoms with Crippen molar-refractivity contribution in [1.82, 2.24) is 10.3 Å². The summed E-state index contributed by atoms with van der Waals surface area (Å²) < 4.78 is 13.0. The summed E-state index contributed by atoms with van der Waals surface area (Å²) in [5.74, 6) is 0.556. The van der Waals surface area contributed by atoms with Crippen LogP contribution in [0.4, 0.5) is 10.1 Å². The van der Waals surface area contributed by atoms with E-state index in [1.807, 2.05) is 0 Å². The van der Waals surface area contributed by atoms with E-state index in [-0.39, 0.29) is 11.9 Å². The van der Waals surface area contributed by atoms with Gasteiger partial charge < -0.3 is 10.6 Å². The van der Waals surface area contributed by atoms with Gasteiger partial charge in [-0.15, -0.1) is 0 Å². The lowest BCUT2D eigenvalue weighted by Crippen LogP contribution is -2.39. The average molecular weight is 249 g/mol. The van der Waals surface area contributed by atoms with E-state index in [2.05, 4.69) is 15.6 Å². The molecule has 2 fully saturated rings. The van der Waals surface area contributed by atoms with Crippen molar-refractivity contribution in [1.29, 1.82) is 0 Å². The summed E-state index contributed by atoms with van der Waals surface area (Å²) in [6.45, 7) is 0.921. The third kappa shape index (κ3) is 2.10. The van der Waals surface area contributed by atoms with Crippen molar-refractivity contribution < 1.29 is 9.18 Å². The number of carbonyl (C=O) groups excluding carboxylic acids is 1. The van der Waals surface area contributed by atoms with E-state index in [1.165, 1.54) is 25.1 Å². The molecular weight excluding hydrogens is 233 g/mol. The van der Waals surface area contributed by atoms with E-state index < -0.39 is 5.82 Å². The van der Waals surface area contributed by atoms with Crippen molar-refractivity contribution in [3.05, 3.63) is 24.3 Å². The number of hydrogen-bond acceptors (Lipinski definition) is 3. The Labute approximate surface area is 105 Å². The van der Waals surface area contributed by atoms with Crippen LogP contribution in [-0.2, 0) is 4.79 Å². The Morgan fingerprint density at radius 2 is 2.33 bits per heavy atom. The molecule has 3 unspecified atom stereocenters. The minimum absolute atomic E-state index is 0.0724. The highest BCUT2D eigenvalue weighted by Crippen LogP contribution is 2.37. The topological polar surface area (TPSA) is 54.0 Å². The molecule has 96 valence electrons. The van der Waals surface area contributed by atoms with Crippen LogP contribution in [0.2, 0.25) is 0 Å². The van der Waals surface area contributed by atoms with Gasteiger partial charge in [0.1, 0.15) is 5.82 Å². The van der Waals surface area contributed by atoms with Crippen LogP contribution in [0.1, 0.15) is 19.3 Å². The molecule has 1 aromatic rings. The van der Waals surface area contributed by atoms with Gasteiger partial charge >= 0.3 is 0 Å². The summed E-state index contributed by atoms with van der Waals surface area (Å²) in [5, 5.41) is 6.00. The van der Waals surface area contributed by atoms with Crippen molar-refractivity contribution in [2.45, 2.75) is 25.3 Å². The molecular formula is C13H16FN3O. The monoisotopic (exact) mass is 249 g/mol. The second kappa shape index (κ2) is 4.65. The third-order valence-electron chi connectivity index (χ3n) is 4.00. The molecule has 2 N–H and O–H groups in total. The fourth-order valence-corrected chi connectivity index (χ4v) is 3.17. The lowest BCUT2D eigenvalue weighted by atomic mass is 9.93. The van der Waals surface area contributed by atoms with Gasteiger partial charge in [0.25, 0.3) is 0 Å². The lowest BCUT2D eigenvalue weighted by Gasteiger charge is -2.17. The van der Waals surface area contributed by atoms with E-state index in [4.69, 9.17) is 0 Å². The Bertz CT molecular complexity index is 465. The lowest BCUT2D eigenvalue weighted by molar-refractivity contribution is -0.118. The smallest absolute Gasteiger partial charge is 0.241 e. The van der Waals surface area contributed by atoms with E-state index in [1.54, 1.807) is 0 Å². The molecule has 0 spiro atoms. The number of rotatable bonds is 2. The number of halogens is 1. The van der Waals surface area contributed by atoms with Crippen LogP contribution in [0.25, 0.3) is 0 Å². The summed E-state index contributed by atoms with van der Waals surface area (Å²) in [6, 6.07) is 1.15. The van der Waals surface area contributed by atoms with Crippen molar-refractivity contribution in [3.8, 4) is 0 Å². The molecule has 18 heavy (non-hydrogen) atoms. The summed E-state index contributed by atoms with van der Waals surface area (Å²) in [6.07, 6.45) is 6.11. The van der Waals surface area contributed by atoms with Crippen molar-refractivity contribution in [2.24, 2.45) is 11.8 Å². The van der Waals surface area contributed by atoms with Crippen LogP contribution in [0.5, 0.6) is 0 Å².